The lowest BCUT2D eigenvalue weighted by Crippen LogP contribution is -2.43. The molecule has 0 unspecified atom stereocenters. The van der Waals surface area contributed by atoms with Crippen LogP contribution in [0.25, 0.3) is 0 Å². The Balaban J connectivity index is 1.72. The standard InChI is InChI=1S/C20H22N2O3S/c1-15-10-12-21(13-11-15)20(23)14-22-16-6-2-4-8-18(16)26(24,25)19-9-5-3-7-17(19)22/h2-9,15H,10-14H2,1H3. The van der Waals surface area contributed by atoms with Crippen LogP contribution in [0.1, 0.15) is 19.8 Å². The highest BCUT2D eigenvalue weighted by atomic mass is 32.2. The molecule has 0 aliphatic carbocycles. The monoisotopic (exact) mass is 370 g/mol. The summed E-state index contributed by atoms with van der Waals surface area (Å²) in [7, 11) is -3.57. The van der Waals surface area contributed by atoms with Crippen molar-refractivity contribution in [3.8, 4) is 0 Å². The smallest absolute Gasteiger partial charge is 0.242 e. The molecule has 2 aliphatic heterocycles. The Bertz CT molecular complexity index is 894. The molecule has 2 aliphatic rings. The number of benzene rings is 2. The maximum Gasteiger partial charge on any atom is 0.242 e. The zero-order valence-corrected chi connectivity index (χ0v) is 15.6. The molecule has 136 valence electrons. The lowest BCUT2D eigenvalue weighted by atomic mass is 9.99. The molecule has 5 nitrogen and oxygen atoms in total. The predicted molar refractivity (Wildman–Crippen MR) is 100 cm³/mol. The molecule has 0 N–H and O–H groups in total. The van der Waals surface area contributed by atoms with E-state index in [1.807, 2.05) is 21.9 Å². The molecule has 0 radical (unpaired) electrons. The molecule has 1 saturated heterocycles. The van der Waals surface area contributed by atoms with Crippen LogP contribution in [-0.2, 0) is 14.6 Å². The molecule has 1 fully saturated rings. The fraction of sp³-hybridized carbons (Fsp3) is 0.350. The van der Waals surface area contributed by atoms with Crippen LogP contribution in [0, 0.1) is 5.92 Å². The maximum atomic E-state index is 12.9. The van der Waals surface area contributed by atoms with Gasteiger partial charge in [0.15, 0.2) is 0 Å². The van der Waals surface area contributed by atoms with Crippen LogP contribution in [0.4, 0.5) is 11.4 Å². The van der Waals surface area contributed by atoms with Crippen molar-refractivity contribution in [2.45, 2.75) is 29.6 Å². The fourth-order valence-electron chi connectivity index (χ4n) is 3.73. The quantitative estimate of drug-likeness (QED) is 0.814. The third-order valence-corrected chi connectivity index (χ3v) is 7.17. The summed E-state index contributed by atoms with van der Waals surface area (Å²) >= 11 is 0. The highest BCUT2D eigenvalue weighted by Gasteiger charge is 2.35. The second-order valence-electron chi connectivity index (χ2n) is 7.09. The van der Waals surface area contributed by atoms with Gasteiger partial charge < -0.3 is 9.80 Å². The first-order chi connectivity index (χ1) is 12.5. The number of hydrogen-bond acceptors (Lipinski definition) is 4. The van der Waals surface area contributed by atoms with Crippen LogP contribution < -0.4 is 4.90 Å². The molecule has 0 saturated carbocycles. The summed E-state index contributed by atoms with van der Waals surface area (Å²) in [6.45, 7) is 3.91. The number of nitrogens with zero attached hydrogens (tertiary/aromatic N) is 2. The highest BCUT2D eigenvalue weighted by Crippen LogP contribution is 2.43. The van der Waals surface area contributed by atoms with E-state index in [9.17, 15) is 13.2 Å². The number of para-hydroxylation sites is 2. The first-order valence-electron chi connectivity index (χ1n) is 8.97. The Labute approximate surface area is 154 Å². The van der Waals surface area contributed by atoms with Crippen molar-refractivity contribution in [3.63, 3.8) is 0 Å². The minimum atomic E-state index is -3.57. The summed E-state index contributed by atoms with van der Waals surface area (Å²) in [6.07, 6.45) is 2.04. The number of anilines is 2. The normalized spacial score (nSPS) is 19.0. The van der Waals surface area contributed by atoms with Gasteiger partial charge >= 0.3 is 0 Å². The van der Waals surface area contributed by atoms with Crippen LogP contribution in [0.5, 0.6) is 0 Å². The first kappa shape index (κ1) is 17.1. The molecule has 26 heavy (non-hydrogen) atoms. The Kier molecular flexibility index (Phi) is 4.23. The highest BCUT2D eigenvalue weighted by molar-refractivity contribution is 7.92. The van der Waals surface area contributed by atoms with Crippen molar-refractivity contribution in [3.05, 3.63) is 48.5 Å². The van der Waals surface area contributed by atoms with Gasteiger partial charge in [-0.2, -0.15) is 0 Å². The minimum absolute atomic E-state index is 0.0424. The van der Waals surface area contributed by atoms with E-state index in [1.165, 1.54) is 0 Å². The van der Waals surface area contributed by atoms with E-state index < -0.39 is 9.84 Å². The van der Waals surface area contributed by atoms with E-state index in [1.54, 1.807) is 36.4 Å². The SMILES string of the molecule is CC1CCN(C(=O)CN2c3ccccc3S(=O)(=O)c3ccccc32)CC1. The van der Waals surface area contributed by atoms with Gasteiger partial charge in [0.1, 0.15) is 6.54 Å². The van der Waals surface area contributed by atoms with Crippen molar-refractivity contribution < 1.29 is 13.2 Å². The van der Waals surface area contributed by atoms with Crippen LogP contribution in [-0.4, -0.2) is 38.9 Å². The van der Waals surface area contributed by atoms with Crippen LogP contribution >= 0.6 is 0 Å². The van der Waals surface area contributed by atoms with Gasteiger partial charge in [0.05, 0.1) is 21.2 Å². The molecule has 0 bridgehead atoms. The third-order valence-electron chi connectivity index (χ3n) is 5.32. The summed E-state index contributed by atoms with van der Waals surface area (Å²) < 4.78 is 25.9. The lowest BCUT2D eigenvalue weighted by Gasteiger charge is -2.35. The Morgan fingerprint density at radius 1 is 0.962 bits per heavy atom. The van der Waals surface area contributed by atoms with Crippen molar-refractivity contribution in [2.24, 2.45) is 5.92 Å². The molecule has 2 aromatic carbocycles. The van der Waals surface area contributed by atoms with E-state index in [2.05, 4.69) is 6.92 Å². The molecule has 0 spiro atoms. The largest absolute Gasteiger partial charge is 0.341 e. The fourth-order valence-corrected chi connectivity index (χ4v) is 5.39. The number of hydrogen-bond donors (Lipinski definition) is 0. The number of likely N-dealkylation sites (tertiary alicyclic amines) is 1. The van der Waals surface area contributed by atoms with Gasteiger partial charge in [-0.05, 0) is 43.0 Å². The number of amides is 1. The Hall–Kier alpha value is -2.34. The molecule has 2 heterocycles. The van der Waals surface area contributed by atoms with Gasteiger partial charge in [0.2, 0.25) is 15.7 Å². The topological polar surface area (TPSA) is 57.7 Å². The molecular weight excluding hydrogens is 348 g/mol. The molecule has 0 aromatic heterocycles. The van der Waals surface area contributed by atoms with Crippen molar-refractivity contribution in [1.29, 1.82) is 0 Å². The minimum Gasteiger partial charge on any atom is -0.341 e. The van der Waals surface area contributed by atoms with Gasteiger partial charge in [-0.15, -0.1) is 0 Å². The number of rotatable bonds is 2. The number of fused-ring (bicyclic) bond motifs is 2. The lowest BCUT2D eigenvalue weighted by molar-refractivity contribution is -0.130. The van der Waals surface area contributed by atoms with E-state index >= 15 is 0 Å². The summed E-state index contributed by atoms with van der Waals surface area (Å²) in [5.41, 5.74) is 1.15. The van der Waals surface area contributed by atoms with Gasteiger partial charge in [-0.3, -0.25) is 4.79 Å². The van der Waals surface area contributed by atoms with E-state index in [0.29, 0.717) is 17.3 Å². The molecular formula is C20H22N2O3S. The third kappa shape index (κ3) is 2.78. The zero-order chi connectivity index (χ0) is 18.3. The van der Waals surface area contributed by atoms with E-state index in [0.717, 1.165) is 25.9 Å². The Morgan fingerprint density at radius 3 is 2.00 bits per heavy atom. The maximum absolute atomic E-state index is 12.9. The van der Waals surface area contributed by atoms with Crippen LogP contribution in [0.3, 0.4) is 0 Å². The average molecular weight is 370 g/mol. The van der Waals surface area contributed by atoms with Crippen LogP contribution in [0.2, 0.25) is 0 Å². The molecule has 4 rings (SSSR count). The molecule has 1 amide bonds. The van der Waals surface area contributed by atoms with Crippen molar-refractivity contribution >= 4 is 27.1 Å². The number of carbonyl (C=O) groups is 1. The van der Waals surface area contributed by atoms with Gasteiger partial charge in [0.25, 0.3) is 0 Å². The Morgan fingerprint density at radius 2 is 1.46 bits per heavy atom. The number of carbonyl (C=O) groups excluding carboxylic acids is 1. The summed E-state index contributed by atoms with van der Waals surface area (Å²) in [6, 6.07) is 13.8. The van der Waals surface area contributed by atoms with Gasteiger partial charge in [-0.1, -0.05) is 31.2 Å². The van der Waals surface area contributed by atoms with Gasteiger partial charge in [0, 0.05) is 13.1 Å². The molecule has 2 aromatic rings. The van der Waals surface area contributed by atoms with Crippen molar-refractivity contribution in [1.82, 2.24) is 4.90 Å². The second kappa shape index (κ2) is 6.43. The molecule has 0 atom stereocenters. The average Bonchev–Trinajstić information content (AvgIpc) is 2.66. The summed E-state index contributed by atoms with van der Waals surface area (Å²) in [4.78, 5) is 17.2. The number of sulfone groups is 1. The summed E-state index contributed by atoms with van der Waals surface area (Å²) in [5, 5.41) is 0. The predicted octanol–water partition coefficient (Wildman–Crippen LogP) is 3.23. The van der Waals surface area contributed by atoms with E-state index in [4.69, 9.17) is 0 Å². The number of piperidine rings is 1. The second-order valence-corrected chi connectivity index (χ2v) is 8.97. The van der Waals surface area contributed by atoms with E-state index in [-0.39, 0.29) is 22.2 Å². The first-order valence-corrected chi connectivity index (χ1v) is 10.5. The van der Waals surface area contributed by atoms with Crippen molar-refractivity contribution in [2.75, 3.05) is 24.5 Å². The summed E-state index contributed by atoms with van der Waals surface area (Å²) in [5.74, 6) is 0.696. The van der Waals surface area contributed by atoms with Crippen LogP contribution in [0.15, 0.2) is 58.3 Å². The zero-order valence-electron chi connectivity index (χ0n) is 14.8. The molecule has 6 heteroatoms. The van der Waals surface area contributed by atoms with Gasteiger partial charge in [-0.25, -0.2) is 8.42 Å².